The fraction of sp³-hybridized carbons (Fsp3) is 0.385. The predicted octanol–water partition coefficient (Wildman–Crippen LogP) is 3.75. The van der Waals surface area contributed by atoms with E-state index in [0.717, 1.165) is 42.9 Å². The lowest BCUT2D eigenvalue weighted by Gasteiger charge is -2.25. The number of carbonyl (C=O) groups excluding carboxylic acids is 1. The number of carbonyl (C=O) groups is 1. The van der Waals surface area contributed by atoms with Crippen molar-refractivity contribution in [3.8, 4) is 5.75 Å². The van der Waals surface area contributed by atoms with Crippen LogP contribution in [0.25, 0.3) is 0 Å². The van der Waals surface area contributed by atoms with Crippen molar-refractivity contribution in [1.29, 1.82) is 0 Å². The molecule has 1 N–H and O–H groups in total. The van der Waals surface area contributed by atoms with E-state index in [1.165, 1.54) is 4.31 Å². The Morgan fingerprint density at radius 3 is 2.60 bits per heavy atom. The number of anilines is 1. The zero-order valence-corrected chi connectivity index (χ0v) is 21.3. The van der Waals surface area contributed by atoms with E-state index in [1.807, 2.05) is 19.2 Å². The van der Waals surface area contributed by atoms with Crippen LogP contribution >= 0.6 is 0 Å². The van der Waals surface area contributed by atoms with Crippen LogP contribution < -0.4 is 14.4 Å². The summed E-state index contributed by atoms with van der Waals surface area (Å²) >= 11 is 0. The van der Waals surface area contributed by atoms with Gasteiger partial charge in [0.2, 0.25) is 5.91 Å². The molecule has 1 amide bonds. The molecular formula is C26H32N4O4S. The third kappa shape index (κ3) is 5.67. The highest BCUT2D eigenvalue weighted by Gasteiger charge is 2.27. The average Bonchev–Trinajstić information content (AvgIpc) is 3.26. The van der Waals surface area contributed by atoms with E-state index in [0.29, 0.717) is 23.5 Å². The minimum Gasteiger partial charge on any atom is -0.497 e. The number of sulfonamides is 1. The van der Waals surface area contributed by atoms with Crippen molar-refractivity contribution >= 4 is 21.6 Å². The molecule has 0 fully saturated rings. The molecule has 0 radical (unpaired) electrons. The zero-order chi connectivity index (χ0) is 25.0. The lowest BCUT2D eigenvalue weighted by atomic mass is 10.2. The van der Waals surface area contributed by atoms with Crippen molar-refractivity contribution in [3.05, 3.63) is 71.3 Å². The monoisotopic (exact) mass is 496 g/mol. The molecular weight excluding hydrogens is 464 g/mol. The average molecular weight is 497 g/mol. The van der Waals surface area contributed by atoms with E-state index < -0.39 is 10.0 Å². The van der Waals surface area contributed by atoms with Gasteiger partial charge in [0, 0.05) is 32.1 Å². The SMILES string of the molecule is COc1ccc(N(CCC(=O)NCc2cn3c(n2)CCCC3)S(=O)(=O)c2ccc(C)cc2C)cc1. The van der Waals surface area contributed by atoms with Crippen LogP contribution in [0.1, 0.15) is 41.9 Å². The first-order valence-corrected chi connectivity index (χ1v) is 13.3. The summed E-state index contributed by atoms with van der Waals surface area (Å²) in [4.78, 5) is 17.5. The summed E-state index contributed by atoms with van der Waals surface area (Å²) in [6, 6.07) is 12.0. The number of aryl methyl sites for hydroxylation is 4. The molecule has 186 valence electrons. The predicted molar refractivity (Wildman–Crippen MR) is 135 cm³/mol. The molecule has 0 aliphatic carbocycles. The molecule has 0 atom stereocenters. The van der Waals surface area contributed by atoms with Crippen LogP contribution in [0, 0.1) is 13.8 Å². The van der Waals surface area contributed by atoms with Gasteiger partial charge in [0.15, 0.2) is 0 Å². The standard InChI is InChI=1S/C26H32N4O4S/c1-19-7-12-24(20(2)16-19)35(32,33)30(22-8-10-23(34-3)11-9-22)15-13-26(31)27-17-21-18-29-14-5-4-6-25(29)28-21/h7-12,16,18H,4-6,13-15,17H2,1-3H3,(H,27,31). The first-order chi connectivity index (χ1) is 16.8. The molecule has 4 rings (SSSR count). The number of benzene rings is 2. The number of imidazole rings is 1. The van der Waals surface area contributed by atoms with Gasteiger partial charge in [-0.15, -0.1) is 0 Å². The Balaban J connectivity index is 1.50. The van der Waals surface area contributed by atoms with Gasteiger partial charge >= 0.3 is 0 Å². The largest absolute Gasteiger partial charge is 0.497 e. The molecule has 0 unspecified atom stereocenters. The lowest BCUT2D eigenvalue weighted by molar-refractivity contribution is -0.121. The topological polar surface area (TPSA) is 93.5 Å². The number of hydrogen-bond acceptors (Lipinski definition) is 5. The first-order valence-electron chi connectivity index (χ1n) is 11.8. The Morgan fingerprint density at radius 2 is 1.91 bits per heavy atom. The fourth-order valence-corrected chi connectivity index (χ4v) is 6.06. The van der Waals surface area contributed by atoms with Gasteiger partial charge in [-0.25, -0.2) is 13.4 Å². The van der Waals surface area contributed by atoms with Crippen LogP contribution in [0.4, 0.5) is 5.69 Å². The molecule has 2 heterocycles. The van der Waals surface area contributed by atoms with E-state index in [1.54, 1.807) is 50.4 Å². The van der Waals surface area contributed by atoms with E-state index in [-0.39, 0.29) is 23.8 Å². The second-order valence-corrected chi connectivity index (χ2v) is 10.7. The number of fused-ring (bicyclic) bond motifs is 1. The Morgan fingerprint density at radius 1 is 1.14 bits per heavy atom. The number of ether oxygens (including phenoxy) is 1. The number of aromatic nitrogens is 2. The molecule has 0 spiro atoms. The van der Waals surface area contributed by atoms with Crippen molar-refractivity contribution in [2.24, 2.45) is 0 Å². The molecule has 0 bridgehead atoms. The first kappa shape index (κ1) is 24.8. The molecule has 35 heavy (non-hydrogen) atoms. The van der Waals surface area contributed by atoms with Gasteiger partial charge < -0.3 is 14.6 Å². The summed E-state index contributed by atoms with van der Waals surface area (Å²) in [5.74, 6) is 1.45. The van der Waals surface area contributed by atoms with E-state index in [9.17, 15) is 13.2 Å². The Hall–Kier alpha value is -3.33. The quantitative estimate of drug-likeness (QED) is 0.487. The van der Waals surface area contributed by atoms with Gasteiger partial charge in [0.25, 0.3) is 10.0 Å². The number of rotatable bonds is 9. The summed E-state index contributed by atoms with van der Waals surface area (Å²) in [7, 11) is -2.33. The maximum Gasteiger partial charge on any atom is 0.264 e. The number of nitrogens with zero attached hydrogens (tertiary/aromatic N) is 3. The van der Waals surface area contributed by atoms with Crippen LogP contribution in [0.5, 0.6) is 5.75 Å². The minimum absolute atomic E-state index is 0.00744. The molecule has 0 saturated carbocycles. The summed E-state index contributed by atoms with van der Waals surface area (Å²) in [6.45, 7) is 5.00. The Labute approximate surface area is 207 Å². The van der Waals surface area contributed by atoms with Crippen LogP contribution in [0.2, 0.25) is 0 Å². The third-order valence-corrected chi connectivity index (χ3v) is 8.21. The van der Waals surface area contributed by atoms with Gasteiger partial charge in [0.1, 0.15) is 11.6 Å². The summed E-state index contributed by atoms with van der Waals surface area (Å²) in [6.07, 6.45) is 5.25. The van der Waals surface area contributed by atoms with Gasteiger partial charge in [-0.3, -0.25) is 9.10 Å². The molecule has 2 aromatic carbocycles. The molecule has 0 saturated heterocycles. The maximum atomic E-state index is 13.7. The molecule has 1 aromatic heterocycles. The maximum absolute atomic E-state index is 13.7. The molecule has 8 nitrogen and oxygen atoms in total. The van der Waals surface area contributed by atoms with Crippen molar-refractivity contribution in [2.45, 2.75) is 57.5 Å². The van der Waals surface area contributed by atoms with E-state index in [4.69, 9.17) is 4.74 Å². The van der Waals surface area contributed by atoms with Crippen molar-refractivity contribution < 1.29 is 17.9 Å². The number of methoxy groups -OCH3 is 1. The highest BCUT2D eigenvalue weighted by Crippen LogP contribution is 2.28. The van der Waals surface area contributed by atoms with Crippen molar-refractivity contribution in [1.82, 2.24) is 14.9 Å². The molecule has 3 aromatic rings. The number of nitrogens with one attached hydrogen (secondary N) is 1. The lowest BCUT2D eigenvalue weighted by Crippen LogP contribution is -2.35. The molecule has 9 heteroatoms. The van der Waals surface area contributed by atoms with E-state index >= 15 is 0 Å². The minimum atomic E-state index is -3.89. The van der Waals surface area contributed by atoms with Crippen LogP contribution in [-0.2, 0) is 34.3 Å². The normalized spacial score (nSPS) is 13.2. The number of hydrogen-bond donors (Lipinski definition) is 1. The second-order valence-electron chi connectivity index (χ2n) is 8.87. The summed E-state index contributed by atoms with van der Waals surface area (Å²) in [5, 5.41) is 2.89. The zero-order valence-electron chi connectivity index (χ0n) is 20.5. The van der Waals surface area contributed by atoms with Crippen LogP contribution in [0.15, 0.2) is 53.6 Å². The van der Waals surface area contributed by atoms with Gasteiger partial charge in [-0.1, -0.05) is 17.7 Å². The van der Waals surface area contributed by atoms with Gasteiger partial charge in [-0.2, -0.15) is 0 Å². The third-order valence-electron chi connectivity index (χ3n) is 6.23. The van der Waals surface area contributed by atoms with Crippen molar-refractivity contribution in [3.63, 3.8) is 0 Å². The van der Waals surface area contributed by atoms with E-state index in [2.05, 4.69) is 14.9 Å². The Kier molecular flexibility index (Phi) is 7.45. The van der Waals surface area contributed by atoms with Crippen molar-refractivity contribution in [2.75, 3.05) is 18.0 Å². The van der Waals surface area contributed by atoms with Crippen LogP contribution in [-0.4, -0.2) is 37.5 Å². The second kappa shape index (κ2) is 10.5. The Bertz CT molecular complexity index is 1280. The van der Waals surface area contributed by atoms with Gasteiger partial charge in [-0.05, 0) is 62.6 Å². The molecule has 1 aliphatic rings. The fourth-order valence-electron chi connectivity index (χ4n) is 4.38. The van der Waals surface area contributed by atoms with Crippen LogP contribution in [0.3, 0.4) is 0 Å². The number of amides is 1. The smallest absolute Gasteiger partial charge is 0.264 e. The highest BCUT2D eigenvalue weighted by molar-refractivity contribution is 7.92. The molecule has 1 aliphatic heterocycles. The summed E-state index contributed by atoms with van der Waals surface area (Å²) in [5.41, 5.74) is 2.94. The highest BCUT2D eigenvalue weighted by atomic mass is 32.2. The summed E-state index contributed by atoms with van der Waals surface area (Å²) < 4.78 is 36.0. The van der Waals surface area contributed by atoms with Gasteiger partial charge in [0.05, 0.1) is 29.9 Å².